The van der Waals surface area contributed by atoms with Gasteiger partial charge in [0, 0.05) is 32.3 Å². The Labute approximate surface area is 129 Å². The van der Waals surface area contributed by atoms with Crippen LogP contribution in [0.25, 0.3) is 0 Å². The standard InChI is InChI=1S/C15H21N3O4/c1-3-22-13-12(15(20)21)4-7-16-14(13)17-11-5-8-18(9-6-11)10(2)19/h4,7,11H,3,5-6,8-9H2,1-2H3,(H,16,17)(H,20,21). The molecule has 0 aromatic carbocycles. The van der Waals surface area contributed by atoms with Gasteiger partial charge in [-0.05, 0) is 25.8 Å². The molecule has 0 unspecified atom stereocenters. The number of anilines is 1. The van der Waals surface area contributed by atoms with Gasteiger partial charge >= 0.3 is 5.97 Å². The molecular weight excluding hydrogens is 286 g/mol. The third-order valence-corrected chi connectivity index (χ3v) is 3.70. The Kier molecular flexibility index (Phi) is 5.19. The summed E-state index contributed by atoms with van der Waals surface area (Å²) in [6, 6.07) is 1.57. The minimum absolute atomic E-state index is 0.0828. The van der Waals surface area contributed by atoms with E-state index >= 15 is 0 Å². The number of aromatic carboxylic acids is 1. The molecule has 2 N–H and O–H groups in total. The maximum Gasteiger partial charge on any atom is 0.339 e. The van der Waals surface area contributed by atoms with Gasteiger partial charge in [-0.1, -0.05) is 0 Å². The largest absolute Gasteiger partial charge is 0.489 e. The van der Waals surface area contributed by atoms with Crippen molar-refractivity contribution in [1.82, 2.24) is 9.88 Å². The smallest absolute Gasteiger partial charge is 0.339 e. The lowest BCUT2D eigenvalue weighted by Gasteiger charge is -2.32. The third-order valence-electron chi connectivity index (χ3n) is 3.70. The highest BCUT2D eigenvalue weighted by atomic mass is 16.5. The van der Waals surface area contributed by atoms with Crippen molar-refractivity contribution >= 4 is 17.7 Å². The van der Waals surface area contributed by atoms with Crippen molar-refractivity contribution in [3.63, 3.8) is 0 Å². The number of carboxylic acids is 1. The molecular formula is C15H21N3O4. The number of carbonyl (C=O) groups excluding carboxylic acids is 1. The summed E-state index contributed by atoms with van der Waals surface area (Å²) in [6.07, 6.45) is 3.05. The lowest BCUT2D eigenvalue weighted by Crippen LogP contribution is -2.41. The average Bonchev–Trinajstić information content (AvgIpc) is 2.49. The van der Waals surface area contributed by atoms with Crippen molar-refractivity contribution in [3.8, 4) is 5.75 Å². The Morgan fingerprint density at radius 2 is 2.14 bits per heavy atom. The van der Waals surface area contributed by atoms with Crippen LogP contribution in [0.1, 0.15) is 37.0 Å². The summed E-state index contributed by atoms with van der Waals surface area (Å²) in [4.78, 5) is 28.6. The van der Waals surface area contributed by atoms with E-state index in [4.69, 9.17) is 4.74 Å². The van der Waals surface area contributed by atoms with Crippen LogP contribution in [0.2, 0.25) is 0 Å². The van der Waals surface area contributed by atoms with Gasteiger partial charge in [0.2, 0.25) is 5.91 Å². The van der Waals surface area contributed by atoms with Crippen molar-refractivity contribution in [2.75, 3.05) is 25.0 Å². The van der Waals surface area contributed by atoms with Crippen molar-refractivity contribution < 1.29 is 19.4 Å². The van der Waals surface area contributed by atoms with E-state index in [0.29, 0.717) is 25.5 Å². The quantitative estimate of drug-likeness (QED) is 0.858. The predicted octanol–water partition coefficient (Wildman–Crippen LogP) is 1.60. The number of rotatable bonds is 5. The van der Waals surface area contributed by atoms with E-state index in [1.54, 1.807) is 13.8 Å². The molecule has 2 heterocycles. The second-order valence-electron chi connectivity index (χ2n) is 5.20. The van der Waals surface area contributed by atoms with Gasteiger partial charge in [-0.3, -0.25) is 4.79 Å². The maximum atomic E-state index is 11.3. The van der Waals surface area contributed by atoms with Gasteiger partial charge in [0.05, 0.1) is 6.61 Å². The van der Waals surface area contributed by atoms with E-state index in [9.17, 15) is 14.7 Å². The Hall–Kier alpha value is -2.31. The predicted molar refractivity (Wildman–Crippen MR) is 81.3 cm³/mol. The molecule has 0 spiro atoms. The molecule has 0 bridgehead atoms. The number of piperidine rings is 1. The van der Waals surface area contributed by atoms with Crippen molar-refractivity contribution in [3.05, 3.63) is 17.8 Å². The van der Waals surface area contributed by atoms with E-state index < -0.39 is 5.97 Å². The first-order chi connectivity index (χ1) is 10.5. The minimum Gasteiger partial charge on any atom is -0.489 e. The summed E-state index contributed by atoms with van der Waals surface area (Å²) < 4.78 is 5.46. The number of hydrogen-bond donors (Lipinski definition) is 2. The van der Waals surface area contributed by atoms with E-state index in [0.717, 1.165) is 12.8 Å². The number of carbonyl (C=O) groups is 2. The molecule has 1 aromatic rings. The number of nitrogens with zero attached hydrogens (tertiary/aromatic N) is 2. The van der Waals surface area contributed by atoms with Gasteiger partial charge < -0.3 is 20.1 Å². The minimum atomic E-state index is -1.04. The molecule has 0 aliphatic carbocycles. The first-order valence-corrected chi connectivity index (χ1v) is 7.40. The number of hydrogen-bond acceptors (Lipinski definition) is 5. The summed E-state index contributed by atoms with van der Waals surface area (Å²) in [6.45, 7) is 5.11. The Bertz CT molecular complexity index is 554. The van der Waals surface area contributed by atoms with Crippen LogP contribution in [0.3, 0.4) is 0 Å². The lowest BCUT2D eigenvalue weighted by molar-refractivity contribution is -0.129. The second kappa shape index (κ2) is 7.11. The Morgan fingerprint density at radius 1 is 1.45 bits per heavy atom. The van der Waals surface area contributed by atoms with Gasteiger partial charge in [-0.15, -0.1) is 0 Å². The molecule has 1 aliphatic heterocycles. The molecule has 22 heavy (non-hydrogen) atoms. The maximum absolute atomic E-state index is 11.3. The fourth-order valence-corrected chi connectivity index (χ4v) is 2.54. The highest BCUT2D eigenvalue weighted by molar-refractivity contribution is 5.92. The molecule has 0 atom stereocenters. The zero-order valence-electron chi connectivity index (χ0n) is 12.8. The van der Waals surface area contributed by atoms with Crippen LogP contribution < -0.4 is 10.1 Å². The first kappa shape index (κ1) is 16.1. The lowest BCUT2D eigenvalue weighted by atomic mass is 10.0. The van der Waals surface area contributed by atoms with Gasteiger partial charge in [-0.25, -0.2) is 9.78 Å². The van der Waals surface area contributed by atoms with E-state index in [1.165, 1.54) is 12.3 Å². The molecule has 0 radical (unpaired) electrons. The number of pyridine rings is 1. The summed E-state index contributed by atoms with van der Waals surface area (Å²) in [5.41, 5.74) is 0.0977. The van der Waals surface area contributed by atoms with E-state index in [1.807, 2.05) is 4.90 Å². The summed E-state index contributed by atoms with van der Waals surface area (Å²) >= 11 is 0. The van der Waals surface area contributed by atoms with Gasteiger partial charge in [-0.2, -0.15) is 0 Å². The molecule has 2 rings (SSSR count). The molecule has 7 nitrogen and oxygen atoms in total. The Balaban J connectivity index is 2.11. The highest BCUT2D eigenvalue weighted by Gasteiger charge is 2.23. The van der Waals surface area contributed by atoms with Crippen molar-refractivity contribution in [2.24, 2.45) is 0 Å². The summed E-state index contributed by atoms with van der Waals surface area (Å²) in [7, 11) is 0. The first-order valence-electron chi connectivity index (χ1n) is 7.40. The van der Waals surface area contributed by atoms with Crippen LogP contribution >= 0.6 is 0 Å². The molecule has 7 heteroatoms. The van der Waals surface area contributed by atoms with Gasteiger partial charge in [0.25, 0.3) is 0 Å². The molecule has 1 amide bonds. The van der Waals surface area contributed by atoms with E-state index in [-0.39, 0.29) is 23.3 Å². The second-order valence-corrected chi connectivity index (χ2v) is 5.20. The molecule has 120 valence electrons. The van der Waals surface area contributed by atoms with Crippen LogP contribution in [-0.2, 0) is 4.79 Å². The highest BCUT2D eigenvalue weighted by Crippen LogP contribution is 2.28. The summed E-state index contributed by atoms with van der Waals surface area (Å²) in [5, 5.41) is 12.5. The van der Waals surface area contributed by atoms with Crippen LogP contribution in [-0.4, -0.2) is 52.6 Å². The van der Waals surface area contributed by atoms with E-state index in [2.05, 4.69) is 10.3 Å². The third kappa shape index (κ3) is 3.66. The fourth-order valence-electron chi connectivity index (χ4n) is 2.54. The number of likely N-dealkylation sites (tertiary alicyclic amines) is 1. The zero-order chi connectivity index (χ0) is 16.1. The molecule has 0 saturated carbocycles. The van der Waals surface area contributed by atoms with Gasteiger partial charge in [0.1, 0.15) is 5.56 Å². The Morgan fingerprint density at radius 3 is 2.68 bits per heavy atom. The normalized spacial score (nSPS) is 15.5. The molecule has 1 saturated heterocycles. The van der Waals surface area contributed by atoms with Crippen LogP contribution in [0.5, 0.6) is 5.75 Å². The average molecular weight is 307 g/mol. The number of carboxylic acid groups (broad SMARTS) is 1. The van der Waals surface area contributed by atoms with Crippen LogP contribution in [0.4, 0.5) is 5.82 Å². The molecule has 1 aliphatic rings. The monoisotopic (exact) mass is 307 g/mol. The fraction of sp³-hybridized carbons (Fsp3) is 0.533. The molecule has 1 aromatic heterocycles. The van der Waals surface area contributed by atoms with Crippen molar-refractivity contribution in [1.29, 1.82) is 0 Å². The van der Waals surface area contributed by atoms with Crippen LogP contribution in [0, 0.1) is 0 Å². The summed E-state index contributed by atoms with van der Waals surface area (Å²) in [5.74, 6) is -0.241. The number of amides is 1. The van der Waals surface area contributed by atoms with Crippen LogP contribution in [0.15, 0.2) is 12.3 Å². The zero-order valence-corrected chi connectivity index (χ0v) is 12.8. The van der Waals surface area contributed by atoms with Crippen molar-refractivity contribution in [2.45, 2.75) is 32.7 Å². The number of ether oxygens (including phenoxy) is 1. The SMILES string of the molecule is CCOc1c(C(=O)O)ccnc1NC1CCN(C(C)=O)CC1. The molecule has 1 fully saturated rings. The number of aromatic nitrogens is 1. The van der Waals surface area contributed by atoms with Gasteiger partial charge in [0.15, 0.2) is 11.6 Å². The topological polar surface area (TPSA) is 91.8 Å². The number of nitrogens with one attached hydrogen (secondary N) is 1.